The van der Waals surface area contributed by atoms with E-state index < -0.39 is 0 Å². The fourth-order valence-electron chi connectivity index (χ4n) is 14.6. The molecule has 0 N–H and O–H groups in total. The number of nitrogens with zero attached hydrogens (tertiary/aromatic N) is 2. The summed E-state index contributed by atoms with van der Waals surface area (Å²) in [6, 6.07) is 42.6. The summed E-state index contributed by atoms with van der Waals surface area (Å²) in [4.78, 5) is 5.23. The second-order valence-corrected chi connectivity index (χ2v) is 27.0. The van der Waals surface area contributed by atoms with Gasteiger partial charge in [-0.05, 0) is 199 Å². The predicted molar refractivity (Wildman–Crippen MR) is 306 cm³/mol. The van der Waals surface area contributed by atoms with Gasteiger partial charge in [0.25, 0.3) is 6.71 Å². The minimum Gasteiger partial charge on any atom is -0.468 e. The first kappa shape index (κ1) is 44.5. The molecule has 0 fully saturated rings. The first-order valence-corrected chi connectivity index (χ1v) is 27.1. The van der Waals surface area contributed by atoms with Crippen LogP contribution in [-0.2, 0) is 32.5 Å². The maximum atomic E-state index is 7.74. The number of anilines is 6. The summed E-state index contributed by atoms with van der Waals surface area (Å²) in [6.07, 6.45) is 6.91. The van der Waals surface area contributed by atoms with Crippen LogP contribution in [0.5, 0.6) is 0 Å². The average Bonchev–Trinajstić information content (AvgIpc) is 3.89. The lowest BCUT2D eigenvalue weighted by Crippen LogP contribution is -2.61. The molecule has 0 saturated heterocycles. The summed E-state index contributed by atoms with van der Waals surface area (Å²) in [7, 11) is 0. The third-order valence-corrected chi connectivity index (χ3v) is 19.4. The van der Waals surface area contributed by atoms with Gasteiger partial charge < -0.3 is 18.6 Å². The maximum Gasteiger partial charge on any atom is 0.297 e. The zero-order chi connectivity index (χ0) is 50.0. The number of hydrogen-bond donors (Lipinski definition) is 0. The Bertz CT molecular complexity index is 3870. The Kier molecular flexibility index (Phi) is 8.71. The number of benzene rings is 7. The normalized spacial score (nSPS) is 20.3. The lowest BCUT2D eigenvalue weighted by molar-refractivity contribution is 0.332. The van der Waals surface area contributed by atoms with Crippen molar-refractivity contribution < 1.29 is 8.83 Å². The molecule has 2 aromatic heterocycles. The molecule has 5 heteroatoms. The summed E-state index contributed by atoms with van der Waals surface area (Å²) < 4.78 is 14.9. The first-order chi connectivity index (χ1) is 34.0. The van der Waals surface area contributed by atoms with Crippen LogP contribution in [0.2, 0.25) is 0 Å². The molecule has 7 aromatic carbocycles. The molecule has 9 aromatic rings. The van der Waals surface area contributed by atoms with Crippen LogP contribution in [0.25, 0.3) is 43.7 Å². The van der Waals surface area contributed by atoms with Crippen molar-refractivity contribution in [2.45, 2.75) is 161 Å². The Hall–Kier alpha value is -6.20. The highest BCUT2D eigenvalue weighted by Crippen LogP contribution is 2.56. The monoisotopic (exact) mass is 945 g/mol. The summed E-state index contributed by atoms with van der Waals surface area (Å²) in [5, 5.41) is 5.89. The molecular weight excluding hydrogens is 876 g/mol. The summed E-state index contributed by atoms with van der Waals surface area (Å²) in [5.74, 6) is 0. The second kappa shape index (κ2) is 14.1. The van der Waals surface area contributed by atoms with E-state index in [4.69, 9.17) is 8.83 Å². The number of furan rings is 2. The van der Waals surface area contributed by atoms with Gasteiger partial charge >= 0.3 is 0 Å². The van der Waals surface area contributed by atoms with Gasteiger partial charge in [0, 0.05) is 38.9 Å². The number of hydrogen-bond acceptors (Lipinski definition) is 4. The van der Waals surface area contributed by atoms with Gasteiger partial charge in [-0.2, -0.15) is 0 Å². The third-order valence-electron chi connectivity index (χ3n) is 19.4. The third kappa shape index (κ3) is 6.00. The van der Waals surface area contributed by atoms with Gasteiger partial charge in [-0.15, -0.1) is 0 Å². The fraction of sp³-hybridized carbons (Fsp3) is 0.373. The van der Waals surface area contributed by atoms with Crippen LogP contribution in [0.15, 0.2) is 118 Å². The van der Waals surface area contributed by atoms with E-state index in [1.807, 2.05) is 0 Å². The zero-order valence-corrected chi connectivity index (χ0v) is 44.9. The van der Waals surface area contributed by atoms with Gasteiger partial charge in [-0.25, -0.2) is 0 Å². The predicted octanol–water partition coefficient (Wildman–Crippen LogP) is 16.9. The minimum absolute atomic E-state index is 0.000802. The molecule has 2 aliphatic heterocycles. The molecule has 14 rings (SSSR count). The van der Waals surface area contributed by atoms with Crippen molar-refractivity contribution >= 4 is 101 Å². The second-order valence-electron chi connectivity index (χ2n) is 27.0. The summed E-state index contributed by atoms with van der Waals surface area (Å²) in [5.41, 5.74) is 23.7. The van der Waals surface area contributed by atoms with E-state index in [-0.39, 0.29) is 39.2 Å². The number of fused-ring (bicyclic) bond motifs is 13. The smallest absolute Gasteiger partial charge is 0.297 e. The zero-order valence-electron chi connectivity index (χ0n) is 44.9. The van der Waals surface area contributed by atoms with E-state index in [0.717, 1.165) is 71.0 Å². The van der Waals surface area contributed by atoms with Crippen LogP contribution in [0, 0.1) is 6.92 Å². The molecule has 0 saturated carbocycles. The Labute approximate surface area is 426 Å². The molecule has 0 unspecified atom stereocenters. The van der Waals surface area contributed by atoms with E-state index >= 15 is 0 Å². The molecule has 0 bridgehead atoms. The Balaban J connectivity index is 1.12. The number of aryl methyl sites for hydroxylation is 1. The molecule has 0 atom stereocenters. The van der Waals surface area contributed by atoms with Crippen molar-refractivity contribution in [2.75, 3.05) is 9.80 Å². The lowest BCUT2D eigenvalue weighted by Gasteiger charge is -2.47. The highest BCUT2D eigenvalue weighted by molar-refractivity contribution is 7.00. The molecule has 0 spiro atoms. The highest BCUT2D eigenvalue weighted by atomic mass is 16.3. The van der Waals surface area contributed by atoms with Crippen molar-refractivity contribution in [3.05, 3.63) is 148 Å². The maximum absolute atomic E-state index is 7.74. The van der Waals surface area contributed by atoms with Crippen molar-refractivity contribution in [3.8, 4) is 0 Å². The van der Waals surface area contributed by atoms with E-state index in [2.05, 4.69) is 209 Å². The molecular formula is C67H69BN2O2. The van der Waals surface area contributed by atoms with Gasteiger partial charge in [0.2, 0.25) is 0 Å². The van der Waals surface area contributed by atoms with Crippen LogP contribution < -0.4 is 26.4 Å². The van der Waals surface area contributed by atoms with E-state index in [0.29, 0.717) is 0 Å². The Morgan fingerprint density at radius 3 is 1.61 bits per heavy atom. The van der Waals surface area contributed by atoms with Crippen LogP contribution >= 0.6 is 0 Å². The molecule has 4 nitrogen and oxygen atoms in total. The molecule has 72 heavy (non-hydrogen) atoms. The highest BCUT2D eigenvalue weighted by Gasteiger charge is 2.50. The number of para-hydroxylation sites is 1. The largest absolute Gasteiger partial charge is 0.468 e. The molecule has 5 aliphatic rings. The SMILES string of the molecule is Cc1cc2c3c(c1)N(c1cccc4c1oc1cc5ccccc5cc14)c1cc4c(cc1B3c1oc3cc5c(cc3c1N2c1ccc2c(c1)C(C)(C)CCC2(C)C)C(C)(C)CCC5(C)C)C(C)(C)CCC4(C)C. The molecule has 3 aliphatic carbocycles. The standard InChI is InChI=1S/C67H69BN2O2/c1-38-29-54-58-55(30-38)70(52-20-16-19-42-43-31-39-17-14-15-18-40(39)32-56(43)71-60(42)52)53-36-49-48(65(8,9)26-27-66(49,10)11)35-51(53)68(58)61-59(44-34-47-50(37-57(44)72-61)67(12,13)28-25-64(47,6)7)69(54)41-21-22-45-46(33-41)63(4,5)24-23-62(45,2)3/h14-22,29-37H,23-28H2,1-13H3. The Morgan fingerprint density at radius 1 is 0.417 bits per heavy atom. The average molecular weight is 945 g/mol. The van der Waals surface area contributed by atoms with Gasteiger partial charge in [0.1, 0.15) is 11.2 Å². The molecule has 362 valence electrons. The van der Waals surface area contributed by atoms with Crippen molar-refractivity contribution in [3.63, 3.8) is 0 Å². The Morgan fingerprint density at radius 2 is 0.958 bits per heavy atom. The van der Waals surface area contributed by atoms with Gasteiger partial charge in [-0.1, -0.05) is 132 Å². The van der Waals surface area contributed by atoms with Crippen molar-refractivity contribution in [1.29, 1.82) is 0 Å². The van der Waals surface area contributed by atoms with Crippen LogP contribution in [-0.4, -0.2) is 6.71 Å². The summed E-state index contributed by atoms with van der Waals surface area (Å²) in [6.45, 7) is 31.6. The molecule has 0 amide bonds. The van der Waals surface area contributed by atoms with E-state index in [1.54, 1.807) is 0 Å². The van der Waals surface area contributed by atoms with Gasteiger partial charge in [0.05, 0.1) is 17.0 Å². The topological polar surface area (TPSA) is 32.8 Å². The van der Waals surface area contributed by atoms with Gasteiger partial charge in [0.15, 0.2) is 5.58 Å². The van der Waals surface area contributed by atoms with Crippen LogP contribution in [0.1, 0.15) is 161 Å². The fourth-order valence-corrected chi connectivity index (χ4v) is 14.6. The first-order valence-electron chi connectivity index (χ1n) is 27.1. The van der Waals surface area contributed by atoms with E-state index in [9.17, 15) is 0 Å². The van der Waals surface area contributed by atoms with Crippen LogP contribution in [0.4, 0.5) is 34.1 Å². The lowest BCUT2D eigenvalue weighted by atomic mass is 9.35. The van der Waals surface area contributed by atoms with Crippen molar-refractivity contribution in [2.24, 2.45) is 0 Å². The van der Waals surface area contributed by atoms with Crippen LogP contribution in [0.3, 0.4) is 0 Å². The minimum atomic E-state index is -0.155. The van der Waals surface area contributed by atoms with E-state index in [1.165, 1.54) is 101 Å². The molecule has 0 radical (unpaired) electrons. The molecule has 4 heterocycles. The quantitative estimate of drug-likeness (QED) is 0.162. The summed E-state index contributed by atoms with van der Waals surface area (Å²) >= 11 is 0. The van der Waals surface area contributed by atoms with Crippen molar-refractivity contribution in [1.82, 2.24) is 0 Å². The number of rotatable bonds is 2. The van der Waals surface area contributed by atoms with Gasteiger partial charge in [-0.3, -0.25) is 0 Å².